The van der Waals surface area contributed by atoms with Gasteiger partial charge < -0.3 is 19.7 Å². The van der Waals surface area contributed by atoms with Crippen molar-refractivity contribution in [2.24, 2.45) is 0 Å². The summed E-state index contributed by atoms with van der Waals surface area (Å²) in [6, 6.07) is 17.8. The van der Waals surface area contributed by atoms with Gasteiger partial charge in [0.15, 0.2) is 12.1 Å². The maximum atomic E-state index is 12.6. The number of methoxy groups -OCH3 is 1. The molecule has 0 aliphatic carbocycles. The Balaban J connectivity index is 1.66. The fourth-order valence-electron chi connectivity index (χ4n) is 2.75. The maximum Gasteiger partial charge on any atom is 0.183 e. The molecule has 6 heteroatoms. The Labute approximate surface area is 157 Å². The lowest BCUT2D eigenvalue weighted by molar-refractivity contribution is -0.0450. The summed E-state index contributed by atoms with van der Waals surface area (Å²) in [6.45, 7) is 0.0968. The molecule has 3 rings (SSSR count). The average Bonchev–Trinajstić information content (AvgIpc) is 2.70. The second-order valence-electron chi connectivity index (χ2n) is 6.10. The predicted octanol–water partition coefficient (Wildman–Crippen LogP) is 2.88. The van der Waals surface area contributed by atoms with Gasteiger partial charge in [-0.3, -0.25) is 4.79 Å². The number of hydrogen-bond acceptors (Lipinski definition) is 6. The number of carbonyl (C=O) groups excluding carboxylic acids is 1. The lowest BCUT2D eigenvalue weighted by atomic mass is 10.1. The van der Waals surface area contributed by atoms with Crippen LogP contribution in [0.1, 0.15) is 28.8 Å². The molecule has 1 atom stereocenters. The molecule has 3 aromatic rings. The second-order valence-corrected chi connectivity index (χ2v) is 6.10. The molecular weight excluding hydrogens is 346 g/mol. The van der Waals surface area contributed by atoms with Crippen molar-refractivity contribution in [3.8, 4) is 5.75 Å². The minimum atomic E-state index is -1.63. The van der Waals surface area contributed by atoms with E-state index in [4.69, 9.17) is 9.47 Å². The summed E-state index contributed by atoms with van der Waals surface area (Å²) < 4.78 is 11.0. The first-order valence-electron chi connectivity index (χ1n) is 8.58. The van der Waals surface area contributed by atoms with Gasteiger partial charge in [0.25, 0.3) is 0 Å². The Morgan fingerprint density at radius 3 is 2.56 bits per heavy atom. The third-order valence-electron chi connectivity index (χ3n) is 4.25. The fourth-order valence-corrected chi connectivity index (χ4v) is 2.75. The molecule has 0 saturated heterocycles. The van der Waals surface area contributed by atoms with E-state index in [0.717, 1.165) is 10.9 Å². The van der Waals surface area contributed by atoms with E-state index < -0.39 is 12.4 Å². The van der Waals surface area contributed by atoms with Crippen molar-refractivity contribution in [1.82, 2.24) is 4.98 Å². The second kappa shape index (κ2) is 8.73. The standard InChI is InChI=1S/C21H21NO5/c1-26-15(13-27-20-9-5-3-7-16(20)21(24)25)12-19(23)18-11-10-14-6-2-4-8-17(14)22-18/h2-11,15,21,24-25H,12-13H2,1H3. The minimum absolute atomic E-state index is 0.0968. The van der Waals surface area contributed by atoms with Gasteiger partial charge in [0.2, 0.25) is 0 Å². The van der Waals surface area contributed by atoms with E-state index in [1.807, 2.05) is 30.3 Å². The zero-order valence-electron chi connectivity index (χ0n) is 14.9. The van der Waals surface area contributed by atoms with Crippen LogP contribution in [0.25, 0.3) is 10.9 Å². The Bertz CT molecular complexity index is 925. The maximum absolute atomic E-state index is 12.6. The first-order valence-corrected chi connectivity index (χ1v) is 8.58. The molecule has 0 amide bonds. The number of nitrogens with zero attached hydrogens (tertiary/aromatic N) is 1. The quantitative estimate of drug-likeness (QED) is 0.470. The molecule has 0 fully saturated rings. The lowest BCUT2D eigenvalue weighted by Gasteiger charge is -2.18. The van der Waals surface area contributed by atoms with Crippen LogP contribution < -0.4 is 4.74 Å². The van der Waals surface area contributed by atoms with Crippen molar-refractivity contribution < 1.29 is 24.5 Å². The van der Waals surface area contributed by atoms with Crippen molar-refractivity contribution in [1.29, 1.82) is 0 Å². The first-order chi connectivity index (χ1) is 13.1. The van der Waals surface area contributed by atoms with Crippen LogP contribution in [0.5, 0.6) is 5.75 Å². The Kier molecular flexibility index (Phi) is 6.13. The number of aliphatic hydroxyl groups is 2. The highest BCUT2D eigenvalue weighted by Gasteiger charge is 2.18. The third kappa shape index (κ3) is 4.68. The Hall–Kier alpha value is -2.80. The number of rotatable bonds is 8. The highest BCUT2D eigenvalue weighted by atomic mass is 16.5. The lowest BCUT2D eigenvalue weighted by Crippen LogP contribution is -2.24. The number of hydrogen-bond donors (Lipinski definition) is 2. The molecule has 6 nitrogen and oxygen atoms in total. The van der Waals surface area contributed by atoms with Crippen LogP contribution >= 0.6 is 0 Å². The average molecular weight is 367 g/mol. The van der Waals surface area contributed by atoms with Crippen LogP contribution in [0.3, 0.4) is 0 Å². The number of ketones is 1. The number of fused-ring (bicyclic) bond motifs is 1. The third-order valence-corrected chi connectivity index (χ3v) is 4.25. The first kappa shape index (κ1) is 19.0. The molecule has 0 bridgehead atoms. The van der Waals surface area contributed by atoms with Crippen molar-refractivity contribution >= 4 is 16.7 Å². The molecule has 27 heavy (non-hydrogen) atoms. The molecule has 0 radical (unpaired) electrons. The van der Waals surface area contributed by atoms with Gasteiger partial charge in [-0.05, 0) is 18.2 Å². The summed E-state index contributed by atoms with van der Waals surface area (Å²) in [5.74, 6) is 0.192. The van der Waals surface area contributed by atoms with Crippen LogP contribution in [0.4, 0.5) is 0 Å². The number of aliphatic hydroxyl groups excluding tert-OH is 1. The van der Waals surface area contributed by atoms with Crippen molar-refractivity contribution in [3.63, 3.8) is 0 Å². The molecule has 0 aliphatic rings. The number of benzene rings is 2. The number of aromatic nitrogens is 1. The molecule has 0 aliphatic heterocycles. The SMILES string of the molecule is COC(COc1ccccc1C(O)O)CC(=O)c1ccc2ccccc2n1. The number of carbonyl (C=O) groups is 1. The van der Waals surface area contributed by atoms with E-state index in [1.165, 1.54) is 7.11 Å². The van der Waals surface area contributed by atoms with Crippen LogP contribution in [0.15, 0.2) is 60.7 Å². The van der Waals surface area contributed by atoms with Gasteiger partial charge in [0, 0.05) is 24.5 Å². The van der Waals surface area contributed by atoms with E-state index >= 15 is 0 Å². The van der Waals surface area contributed by atoms with Crippen LogP contribution in [0.2, 0.25) is 0 Å². The summed E-state index contributed by atoms with van der Waals surface area (Å²) in [5.41, 5.74) is 1.40. The minimum Gasteiger partial charge on any atom is -0.490 e. The van der Waals surface area contributed by atoms with Crippen LogP contribution in [-0.2, 0) is 4.74 Å². The van der Waals surface area contributed by atoms with Gasteiger partial charge in [-0.15, -0.1) is 0 Å². The summed E-state index contributed by atoms with van der Waals surface area (Å²) in [4.78, 5) is 17.0. The number of pyridine rings is 1. The zero-order chi connectivity index (χ0) is 19.2. The highest BCUT2D eigenvalue weighted by molar-refractivity contribution is 5.96. The Morgan fingerprint density at radius 2 is 1.78 bits per heavy atom. The molecule has 0 spiro atoms. The molecule has 1 heterocycles. The van der Waals surface area contributed by atoms with E-state index in [1.54, 1.807) is 30.3 Å². The van der Waals surface area contributed by atoms with E-state index in [0.29, 0.717) is 11.4 Å². The van der Waals surface area contributed by atoms with E-state index in [-0.39, 0.29) is 24.4 Å². The van der Waals surface area contributed by atoms with Crippen molar-refractivity contribution in [3.05, 3.63) is 71.9 Å². The Morgan fingerprint density at radius 1 is 1.04 bits per heavy atom. The van der Waals surface area contributed by atoms with E-state index in [9.17, 15) is 15.0 Å². The molecule has 2 N–H and O–H groups in total. The van der Waals surface area contributed by atoms with Crippen LogP contribution in [0, 0.1) is 0 Å². The van der Waals surface area contributed by atoms with Gasteiger partial charge in [-0.2, -0.15) is 0 Å². The molecule has 1 aromatic heterocycles. The monoisotopic (exact) mass is 367 g/mol. The van der Waals surface area contributed by atoms with Gasteiger partial charge in [0.1, 0.15) is 18.1 Å². The van der Waals surface area contributed by atoms with Crippen molar-refractivity contribution in [2.45, 2.75) is 18.8 Å². The largest absolute Gasteiger partial charge is 0.490 e. The molecular formula is C21H21NO5. The van der Waals surface area contributed by atoms with Gasteiger partial charge in [-0.1, -0.05) is 42.5 Å². The predicted molar refractivity (Wildman–Crippen MR) is 101 cm³/mol. The van der Waals surface area contributed by atoms with Gasteiger partial charge in [0.05, 0.1) is 11.6 Å². The fraction of sp³-hybridized carbons (Fsp3) is 0.238. The summed E-state index contributed by atoms with van der Waals surface area (Å²) >= 11 is 0. The molecule has 140 valence electrons. The highest BCUT2D eigenvalue weighted by Crippen LogP contribution is 2.24. The number of Topliss-reactive ketones (excluding diaryl/α,β-unsaturated/α-hetero) is 1. The smallest absolute Gasteiger partial charge is 0.183 e. The topological polar surface area (TPSA) is 88.9 Å². The van der Waals surface area contributed by atoms with E-state index in [2.05, 4.69) is 4.98 Å². The summed E-state index contributed by atoms with van der Waals surface area (Å²) in [5, 5.41) is 19.8. The molecule has 0 saturated carbocycles. The molecule has 1 unspecified atom stereocenters. The van der Waals surface area contributed by atoms with Crippen LogP contribution in [-0.4, -0.2) is 40.8 Å². The number of para-hydroxylation sites is 2. The van der Waals surface area contributed by atoms with Crippen molar-refractivity contribution in [2.75, 3.05) is 13.7 Å². The summed E-state index contributed by atoms with van der Waals surface area (Å²) in [7, 11) is 1.50. The number of ether oxygens (including phenoxy) is 2. The zero-order valence-corrected chi connectivity index (χ0v) is 14.9. The summed E-state index contributed by atoms with van der Waals surface area (Å²) in [6.07, 6.45) is -2.02. The normalized spacial score (nSPS) is 12.3. The van der Waals surface area contributed by atoms with Gasteiger partial charge >= 0.3 is 0 Å². The molecule has 2 aromatic carbocycles. The van der Waals surface area contributed by atoms with Gasteiger partial charge in [-0.25, -0.2) is 4.98 Å².